The summed E-state index contributed by atoms with van der Waals surface area (Å²) in [4.78, 5) is 23.2. The number of aryl methyl sites for hydroxylation is 1. The molecule has 3 heterocycles. The molecule has 1 unspecified atom stereocenters. The highest BCUT2D eigenvalue weighted by Crippen LogP contribution is 2.39. The van der Waals surface area contributed by atoms with E-state index in [-0.39, 0.29) is 23.5 Å². The minimum atomic E-state index is -0.364. The molecule has 0 bridgehead atoms. The van der Waals surface area contributed by atoms with Gasteiger partial charge in [0.2, 0.25) is 11.8 Å². The lowest BCUT2D eigenvalue weighted by Crippen LogP contribution is -2.48. The quantitative estimate of drug-likeness (QED) is 0.714. The van der Waals surface area contributed by atoms with E-state index in [1.807, 2.05) is 12.1 Å². The van der Waals surface area contributed by atoms with Gasteiger partial charge in [-0.05, 0) is 56.8 Å². The average Bonchev–Trinajstić information content (AvgIpc) is 2.58. The van der Waals surface area contributed by atoms with Gasteiger partial charge in [0.05, 0.1) is 0 Å². The number of anilines is 1. The molecule has 24 heavy (non-hydrogen) atoms. The largest absolute Gasteiger partial charge is 0.487 e. The van der Waals surface area contributed by atoms with Gasteiger partial charge in [0, 0.05) is 18.2 Å². The summed E-state index contributed by atoms with van der Waals surface area (Å²) < 4.78 is 6.40. The molecular formula is C18H23N3O3. The van der Waals surface area contributed by atoms with Crippen molar-refractivity contribution in [1.29, 1.82) is 0 Å². The number of nitrogens with one attached hydrogen (secondary N) is 3. The van der Waals surface area contributed by atoms with Gasteiger partial charge in [0.15, 0.2) is 0 Å². The van der Waals surface area contributed by atoms with E-state index in [0.29, 0.717) is 12.8 Å². The van der Waals surface area contributed by atoms with Crippen LogP contribution in [-0.2, 0) is 16.0 Å². The molecule has 0 aromatic heterocycles. The Balaban J connectivity index is 1.50. The van der Waals surface area contributed by atoms with Gasteiger partial charge in [-0.1, -0.05) is 6.07 Å². The first kappa shape index (κ1) is 15.4. The van der Waals surface area contributed by atoms with Gasteiger partial charge in [-0.3, -0.25) is 14.9 Å². The number of carbonyl (C=O) groups excluding carboxylic acids is 2. The Morgan fingerprint density at radius 2 is 1.96 bits per heavy atom. The number of fused-ring (bicyclic) bond motifs is 1. The summed E-state index contributed by atoms with van der Waals surface area (Å²) in [5, 5.41) is 9.01. The predicted octanol–water partition coefficient (Wildman–Crippen LogP) is 1.35. The molecule has 0 aliphatic carbocycles. The second-order valence-corrected chi connectivity index (χ2v) is 7.01. The molecule has 1 aromatic rings. The van der Waals surface area contributed by atoms with Gasteiger partial charge in [-0.25, -0.2) is 0 Å². The molecule has 6 nitrogen and oxygen atoms in total. The third kappa shape index (κ3) is 2.98. The second kappa shape index (κ2) is 6.09. The van der Waals surface area contributed by atoms with Crippen molar-refractivity contribution in [3.05, 3.63) is 23.8 Å². The number of hydrogen-bond donors (Lipinski definition) is 3. The Kier molecular flexibility index (Phi) is 3.92. The van der Waals surface area contributed by atoms with Crippen LogP contribution in [0.3, 0.4) is 0 Å². The fourth-order valence-corrected chi connectivity index (χ4v) is 3.86. The van der Waals surface area contributed by atoms with Crippen molar-refractivity contribution in [3.8, 4) is 5.75 Å². The van der Waals surface area contributed by atoms with Crippen LogP contribution < -0.4 is 20.7 Å². The van der Waals surface area contributed by atoms with E-state index < -0.39 is 0 Å². The maximum atomic E-state index is 11.9. The molecule has 2 saturated heterocycles. The zero-order valence-corrected chi connectivity index (χ0v) is 13.7. The van der Waals surface area contributed by atoms with Gasteiger partial charge in [-0.15, -0.1) is 0 Å². The van der Waals surface area contributed by atoms with Gasteiger partial charge in [-0.2, -0.15) is 0 Å². The highest BCUT2D eigenvalue weighted by molar-refractivity contribution is 6.01. The Morgan fingerprint density at radius 3 is 2.75 bits per heavy atom. The number of rotatable bonds is 2. The maximum Gasteiger partial charge on any atom is 0.249 e. The molecule has 1 atom stereocenters. The van der Waals surface area contributed by atoms with Crippen LogP contribution in [0.5, 0.6) is 5.75 Å². The zero-order valence-electron chi connectivity index (χ0n) is 13.7. The first-order chi connectivity index (χ1) is 11.6. The van der Waals surface area contributed by atoms with Crippen molar-refractivity contribution in [1.82, 2.24) is 10.6 Å². The topological polar surface area (TPSA) is 79.5 Å². The van der Waals surface area contributed by atoms with E-state index in [2.05, 4.69) is 22.0 Å². The smallest absolute Gasteiger partial charge is 0.249 e. The van der Waals surface area contributed by atoms with Crippen LogP contribution in [0, 0.1) is 0 Å². The third-order valence-corrected chi connectivity index (χ3v) is 5.34. The molecule has 1 spiro atoms. The van der Waals surface area contributed by atoms with Gasteiger partial charge < -0.3 is 15.4 Å². The van der Waals surface area contributed by atoms with Gasteiger partial charge in [0.25, 0.3) is 0 Å². The second-order valence-electron chi connectivity index (χ2n) is 7.01. The van der Waals surface area contributed by atoms with Crippen molar-refractivity contribution in [2.75, 3.05) is 18.4 Å². The molecule has 0 radical (unpaired) electrons. The van der Waals surface area contributed by atoms with Crippen molar-refractivity contribution in [2.45, 2.75) is 50.2 Å². The highest BCUT2D eigenvalue weighted by Gasteiger charge is 2.37. The predicted molar refractivity (Wildman–Crippen MR) is 90.0 cm³/mol. The molecule has 2 amide bonds. The van der Waals surface area contributed by atoms with Crippen LogP contribution in [0.1, 0.15) is 37.7 Å². The first-order valence-corrected chi connectivity index (χ1v) is 8.77. The number of benzene rings is 1. The van der Waals surface area contributed by atoms with E-state index in [9.17, 15) is 9.59 Å². The Morgan fingerprint density at radius 1 is 1.12 bits per heavy atom. The molecule has 1 aromatic carbocycles. The summed E-state index contributed by atoms with van der Waals surface area (Å²) in [7, 11) is 0. The van der Waals surface area contributed by atoms with Crippen LogP contribution >= 0.6 is 0 Å². The van der Waals surface area contributed by atoms with Crippen molar-refractivity contribution in [2.24, 2.45) is 0 Å². The minimum Gasteiger partial charge on any atom is -0.487 e. The Labute approximate surface area is 141 Å². The van der Waals surface area contributed by atoms with Gasteiger partial charge >= 0.3 is 0 Å². The Hall–Kier alpha value is -2.08. The number of amides is 2. The lowest BCUT2D eigenvalue weighted by atomic mass is 9.83. The molecule has 6 heteroatoms. The van der Waals surface area contributed by atoms with Gasteiger partial charge in [0.1, 0.15) is 17.4 Å². The molecule has 4 rings (SSSR count). The average molecular weight is 329 g/mol. The third-order valence-electron chi connectivity index (χ3n) is 5.34. The fraction of sp³-hybridized carbons (Fsp3) is 0.556. The first-order valence-electron chi connectivity index (χ1n) is 8.77. The lowest BCUT2D eigenvalue weighted by Gasteiger charge is -2.41. The monoisotopic (exact) mass is 329 g/mol. The SMILES string of the molecule is O=C1CCC(Nc2ccc3c(c2)OC2(CCNCC2)CC3)C(=O)N1. The summed E-state index contributed by atoms with van der Waals surface area (Å²) in [6.45, 7) is 2.01. The maximum absolute atomic E-state index is 11.9. The minimum absolute atomic E-state index is 0.0362. The van der Waals surface area contributed by atoms with Crippen LogP contribution in [0.4, 0.5) is 5.69 Å². The van der Waals surface area contributed by atoms with E-state index in [1.54, 1.807) is 0 Å². The van der Waals surface area contributed by atoms with Crippen molar-refractivity contribution in [3.63, 3.8) is 0 Å². The number of piperidine rings is 2. The van der Waals surface area contributed by atoms with Crippen LogP contribution in [-0.4, -0.2) is 36.5 Å². The normalized spacial score (nSPS) is 25.6. The highest BCUT2D eigenvalue weighted by atomic mass is 16.5. The van der Waals surface area contributed by atoms with Crippen molar-refractivity contribution < 1.29 is 14.3 Å². The molecule has 128 valence electrons. The molecule has 3 N–H and O–H groups in total. The van der Waals surface area contributed by atoms with E-state index in [1.165, 1.54) is 5.56 Å². The van der Waals surface area contributed by atoms with Crippen LogP contribution in [0.25, 0.3) is 0 Å². The van der Waals surface area contributed by atoms with E-state index in [0.717, 1.165) is 50.2 Å². The fourth-order valence-electron chi connectivity index (χ4n) is 3.86. The summed E-state index contributed by atoms with van der Waals surface area (Å²) >= 11 is 0. The molecule has 3 aliphatic heterocycles. The Bertz CT molecular complexity index is 667. The molecule has 2 fully saturated rings. The number of carbonyl (C=O) groups is 2. The standard InChI is InChI=1S/C18H23N3O3/c22-16-4-3-14(17(23)21-16)20-13-2-1-12-5-6-18(24-15(12)11-13)7-9-19-10-8-18/h1-2,11,14,19-20H,3-10H2,(H,21,22,23). The number of hydrogen-bond acceptors (Lipinski definition) is 5. The van der Waals surface area contributed by atoms with E-state index in [4.69, 9.17) is 4.74 Å². The van der Waals surface area contributed by atoms with E-state index >= 15 is 0 Å². The number of ether oxygens (including phenoxy) is 1. The summed E-state index contributed by atoms with van der Waals surface area (Å²) in [5.41, 5.74) is 2.06. The van der Waals surface area contributed by atoms with Crippen LogP contribution in [0.15, 0.2) is 18.2 Å². The summed E-state index contributed by atoms with van der Waals surface area (Å²) in [5.74, 6) is 0.486. The zero-order chi connectivity index (χ0) is 16.6. The summed E-state index contributed by atoms with van der Waals surface area (Å²) in [6, 6.07) is 5.71. The van der Waals surface area contributed by atoms with Crippen molar-refractivity contribution >= 4 is 17.5 Å². The summed E-state index contributed by atoms with van der Waals surface area (Å²) in [6.07, 6.45) is 5.09. The lowest BCUT2D eigenvalue weighted by molar-refractivity contribution is -0.133. The molecular weight excluding hydrogens is 306 g/mol. The molecule has 0 saturated carbocycles. The number of imide groups is 1. The van der Waals surface area contributed by atoms with Crippen LogP contribution in [0.2, 0.25) is 0 Å². The molecule has 3 aliphatic rings.